The van der Waals surface area contributed by atoms with Crippen LogP contribution in [0.15, 0.2) is 24.3 Å². The van der Waals surface area contributed by atoms with Crippen molar-refractivity contribution >= 4 is 23.4 Å². The lowest BCUT2D eigenvalue weighted by atomic mass is 9.93. The van der Waals surface area contributed by atoms with Gasteiger partial charge in [0.25, 0.3) is 5.91 Å². The molecule has 144 valence electrons. The molecule has 1 aliphatic carbocycles. The molecule has 3 N–H and O–H groups in total. The van der Waals surface area contributed by atoms with Gasteiger partial charge in [0.1, 0.15) is 11.7 Å². The second kappa shape index (κ2) is 6.87. The van der Waals surface area contributed by atoms with Gasteiger partial charge in [0.2, 0.25) is 11.8 Å². The molecule has 7 nitrogen and oxygen atoms in total. The first-order chi connectivity index (χ1) is 13.0. The van der Waals surface area contributed by atoms with Crippen LogP contribution in [-0.2, 0) is 9.59 Å². The molecule has 1 aromatic rings. The number of amides is 3. The number of benzene rings is 1. The summed E-state index contributed by atoms with van der Waals surface area (Å²) in [5.74, 6) is -0.256. The maximum absolute atomic E-state index is 12.7. The Kier molecular flexibility index (Phi) is 4.53. The van der Waals surface area contributed by atoms with Crippen molar-refractivity contribution in [2.75, 3.05) is 11.9 Å². The molecule has 4 rings (SSSR count). The summed E-state index contributed by atoms with van der Waals surface area (Å²) in [5, 5.41) is 9.52. The fourth-order valence-corrected chi connectivity index (χ4v) is 4.06. The van der Waals surface area contributed by atoms with Crippen molar-refractivity contribution in [1.82, 2.24) is 15.5 Å². The van der Waals surface area contributed by atoms with Crippen LogP contribution in [0, 0.1) is 0 Å². The second-order valence-electron chi connectivity index (χ2n) is 7.86. The van der Waals surface area contributed by atoms with Crippen molar-refractivity contribution in [2.45, 2.75) is 63.2 Å². The van der Waals surface area contributed by atoms with Crippen molar-refractivity contribution in [1.29, 1.82) is 0 Å². The zero-order valence-corrected chi connectivity index (χ0v) is 15.6. The third kappa shape index (κ3) is 3.38. The van der Waals surface area contributed by atoms with Gasteiger partial charge in [0.15, 0.2) is 0 Å². The lowest BCUT2D eigenvalue weighted by Gasteiger charge is -2.40. The first kappa shape index (κ1) is 17.8. The van der Waals surface area contributed by atoms with Crippen LogP contribution in [0.25, 0.3) is 0 Å². The standard InChI is InChI=1S/C20H26N4O3/c1-13(18(26)21-14-5-4-6-14)24-12-11-20(10-9-17(24)25)22-16-8-3-2-7-15(16)19(27)23-20/h2-3,7-8,13-14,22H,4-6,9-12H2,1H3,(H,21,26)(H,23,27)/t13-,20-/m1/s1. The molecule has 2 atom stereocenters. The Hall–Kier alpha value is -2.57. The summed E-state index contributed by atoms with van der Waals surface area (Å²) < 4.78 is 0. The van der Waals surface area contributed by atoms with Crippen molar-refractivity contribution in [3.8, 4) is 0 Å². The predicted octanol–water partition coefficient (Wildman–Crippen LogP) is 1.61. The molecule has 0 aromatic heterocycles. The van der Waals surface area contributed by atoms with Gasteiger partial charge in [-0.2, -0.15) is 0 Å². The summed E-state index contributed by atoms with van der Waals surface area (Å²) in [6, 6.07) is 7.14. The predicted molar refractivity (Wildman–Crippen MR) is 101 cm³/mol. The van der Waals surface area contributed by atoms with Gasteiger partial charge >= 0.3 is 0 Å². The van der Waals surface area contributed by atoms with Gasteiger partial charge < -0.3 is 20.9 Å². The molecule has 3 amide bonds. The van der Waals surface area contributed by atoms with E-state index in [4.69, 9.17) is 0 Å². The third-order valence-electron chi connectivity index (χ3n) is 6.06. The van der Waals surface area contributed by atoms with E-state index in [9.17, 15) is 14.4 Å². The summed E-state index contributed by atoms with van der Waals surface area (Å²) in [4.78, 5) is 39.4. The molecule has 0 unspecified atom stereocenters. The van der Waals surface area contributed by atoms with Crippen molar-refractivity contribution in [3.63, 3.8) is 0 Å². The minimum absolute atomic E-state index is 0.0435. The number of carbonyl (C=O) groups excluding carboxylic acids is 3. The van der Waals surface area contributed by atoms with Gasteiger partial charge in [-0.15, -0.1) is 0 Å². The number of nitrogens with zero attached hydrogens (tertiary/aromatic N) is 1. The molecule has 1 spiro atoms. The van der Waals surface area contributed by atoms with Crippen LogP contribution in [0.3, 0.4) is 0 Å². The van der Waals surface area contributed by atoms with E-state index in [1.807, 2.05) is 18.2 Å². The maximum atomic E-state index is 12.7. The molecule has 7 heteroatoms. The summed E-state index contributed by atoms with van der Waals surface area (Å²) in [5.41, 5.74) is 0.752. The third-order valence-corrected chi connectivity index (χ3v) is 6.06. The van der Waals surface area contributed by atoms with Crippen LogP contribution >= 0.6 is 0 Å². The zero-order valence-electron chi connectivity index (χ0n) is 15.6. The molecule has 2 aliphatic heterocycles. The van der Waals surface area contributed by atoms with Crippen LogP contribution in [0.2, 0.25) is 0 Å². The van der Waals surface area contributed by atoms with Gasteiger partial charge in [0, 0.05) is 31.1 Å². The minimum Gasteiger partial charge on any atom is -0.362 e. The minimum atomic E-state index is -0.653. The molecule has 2 fully saturated rings. The molecule has 1 saturated heterocycles. The number of fused-ring (bicyclic) bond motifs is 1. The molecule has 1 aromatic carbocycles. The highest BCUT2D eigenvalue weighted by molar-refractivity contribution is 6.02. The van der Waals surface area contributed by atoms with Crippen LogP contribution in [0.4, 0.5) is 5.69 Å². The molecule has 27 heavy (non-hydrogen) atoms. The SMILES string of the molecule is C[C@H](C(=O)NC1CCC1)N1CC[C@@]2(CCC1=O)NC(=O)c1ccccc1N2. The molecule has 1 saturated carbocycles. The van der Waals surface area contributed by atoms with E-state index < -0.39 is 11.7 Å². The Morgan fingerprint density at radius 2 is 2.00 bits per heavy atom. The highest BCUT2D eigenvalue weighted by Crippen LogP contribution is 2.32. The highest BCUT2D eigenvalue weighted by atomic mass is 16.2. The summed E-state index contributed by atoms with van der Waals surface area (Å²) in [6.07, 6.45) is 4.53. The summed E-state index contributed by atoms with van der Waals surface area (Å²) >= 11 is 0. The number of anilines is 1. The van der Waals surface area contributed by atoms with Gasteiger partial charge in [-0.1, -0.05) is 12.1 Å². The topological polar surface area (TPSA) is 90.5 Å². The lowest BCUT2D eigenvalue weighted by Crippen LogP contribution is -2.58. The summed E-state index contributed by atoms with van der Waals surface area (Å²) in [6.45, 7) is 2.21. The van der Waals surface area contributed by atoms with E-state index in [-0.39, 0.29) is 30.2 Å². The maximum Gasteiger partial charge on any atom is 0.255 e. The van der Waals surface area contributed by atoms with Gasteiger partial charge in [-0.3, -0.25) is 14.4 Å². The second-order valence-corrected chi connectivity index (χ2v) is 7.86. The van der Waals surface area contributed by atoms with Crippen molar-refractivity contribution in [2.24, 2.45) is 0 Å². The number of nitrogens with one attached hydrogen (secondary N) is 3. The van der Waals surface area contributed by atoms with Crippen LogP contribution in [0.1, 0.15) is 55.8 Å². The first-order valence-corrected chi connectivity index (χ1v) is 9.77. The molecule has 0 bridgehead atoms. The van der Waals surface area contributed by atoms with Crippen molar-refractivity contribution in [3.05, 3.63) is 29.8 Å². The molecule has 3 aliphatic rings. The quantitative estimate of drug-likeness (QED) is 0.754. The Bertz CT molecular complexity index is 776. The fourth-order valence-electron chi connectivity index (χ4n) is 4.06. The van der Waals surface area contributed by atoms with E-state index in [0.717, 1.165) is 24.9 Å². The summed E-state index contributed by atoms with van der Waals surface area (Å²) in [7, 11) is 0. The molecular weight excluding hydrogens is 344 g/mol. The van der Waals surface area contributed by atoms with E-state index in [1.165, 1.54) is 0 Å². The van der Waals surface area contributed by atoms with Gasteiger partial charge in [-0.25, -0.2) is 0 Å². The first-order valence-electron chi connectivity index (χ1n) is 9.77. The normalized spacial score (nSPS) is 26.3. The highest BCUT2D eigenvalue weighted by Gasteiger charge is 2.41. The average molecular weight is 370 g/mol. The fraction of sp³-hybridized carbons (Fsp3) is 0.550. The van der Waals surface area contributed by atoms with E-state index >= 15 is 0 Å². The van der Waals surface area contributed by atoms with Crippen LogP contribution < -0.4 is 16.0 Å². The van der Waals surface area contributed by atoms with E-state index in [0.29, 0.717) is 24.9 Å². The Labute approximate surface area is 158 Å². The van der Waals surface area contributed by atoms with Crippen LogP contribution in [-0.4, -0.2) is 46.9 Å². The molecule has 0 radical (unpaired) electrons. The average Bonchev–Trinajstić information content (AvgIpc) is 2.77. The van der Waals surface area contributed by atoms with Crippen LogP contribution in [0.5, 0.6) is 0 Å². The monoisotopic (exact) mass is 370 g/mol. The number of hydrogen-bond acceptors (Lipinski definition) is 4. The number of carbonyl (C=O) groups is 3. The number of hydrogen-bond donors (Lipinski definition) is 3. The number of rotatable bonds is 3. The zero-order chi connectivity index (χ0) is 19.0. The smallest absolute Gasteiger partial charge is 0.255 e. The van der Waals surface area contributed by atoms with Gasteiger partial charge in [-0.05, 0) is 44.7 Å². The van der Waals surface area contributed by atoms with E-state index in [1.54, 1.807) is 17.9 Å². The van der Waals surface area contributed by atoms with Crippen molar-refractivity contribution < 1.29 is 14.4 Å². The van der Waals surface area contributed by atoms with Gasteiger partial charge in [0.05, 0.1) is 5.56 Å². The van der Waals surface area contributed by atoms with E-state index in [2.05, 4.69) is 16.0 Å². The largest absolute Gasteiger partial charge is 0.362 e. The Morgan fingerprint density at radius 1 is 1.22 bits per heavy atom. The number of likely N-dealkylation sites (tertiary alicyclic amines) is 1. The number of para-hydroxylation sites is 1. The lowest BCUT2D eigenvalue weighted by molar-refractivity contribution is -0.139. The molecular formula is C20H26N4O3. The Balaban J connectivity index is 1.47. The Morgan fingerprint density at radius 3 is 2.74 bits per heavy atom. The molecule has 2 heterocycles.